The Bertz CT molecular complexity index is 417. The maximum absolute atomic E-state index is 8.68. The van der Waals surface area contributed by atoms with Crippen molar-refractivity contribution in [2.24, 2.45) is 5.92 Å². The summed E-state index contributed by atoms with van der Waals surface area (Å²) in [5, 5.41) is 8.68. The van der Waals surface area contributed by atoms with Crippen LogP contribution in [0.25, 0.3) is 6.08 Å². The fourth-order valence-electron chi connectivity index (χ4n) is 1.68. The largest absolute Gasteiger partial charge is 0.497 e. The first-order valence-electron chi connectivity index (χ1n) is 5.93. The van der Waals surface area contributed by atoms with E-state index < -0.39 is 0 Å². The van der Waals surface area contributed by atoms with E-state index in [-0.39, 0.29) is 12.0 Å². The zero-order valence-corrected chi connectivity index (χ0v) is 11.1. The average Bonchev–Trinajstić information content (AvgIpc) is 2.40. The molecule has 0 bridgehead atoms. The lowest BCUT2D eigenvalue weighted by molar-refractivity contribution is 0.0988. The predicted octanol–water partition coefficient (Wildman–Crippen LogP) is 3.27. The Morgan fingerprint density at radius 3 is 2.44 bits per heavy atom. The first-order chi connectivity index (χ1) is 8.71. The summed E-state index contributed by atoms with van der Waals surface area (Å²) in [6.45, 7) is 2.01. The number of nitriles is 1. The number of methoxy groups -OCH3 is 2. The van der Waals surface area contributed by atoms with Crippen LogP contribution >= 0.6 is 0 Å². The topological polar surface area (TPSA) is 42.2 Å². The van der Waals surface area contributed by atoms with E-state index in [4.69, 9.17) is 14.7 Å². The van der Waals surface area contributed by atoms with Gasteiger partial charge in [-0.05, 0) is 23.6 Å². The van der Waals surface area contributed by atoms with E-state index in [0.717, 1.165) is 11.3 Å². The predicted molar refractivity (Wildman–Crippen MR) is 72.2 cm³/mol. The second-order valence-electron chi connectivity index (χ2n) is 4.17. The highest BCUT2D eigenvalue weighted by Crippen LogP contribution is 2.16. The van der Waals surface area contributed by atoms with Gasteiger partial charge in [0.25, 0.3) is 0 Å². The molecular weight excluding hydrogens is 226 g/mol. The van der Waals surface area contributed by atoms with Crippen molar-refractivity contribution in [3.05, 3.63) is 35.9 Å². The fraction of sp³-hybridized carbons (Fsp3) is 0.400. The normalized spacial score (nSPS) is 14.1. The molecule has 0 amide bonds. The van der Waals surface area contributed by atoms with E-state index in [1.54, 1.807) is 14.2 Å². The number of benzene rings is 1. The van der Waals surface area contributed by atoms with Crippen LogP contribution in [-0.2, 0) is 4.74 Å². The molecule has 0 aliphatic rings. The Labute approximate surface area is 109 Å². The molecule has 0 radical (unpaired) electrons. The summed E-state index contributed by atoms with van der Waals surface area (Å²) in [5.74, 6) is 1.03. The van der Waals surface area contributed by atoms with E-state index in [2.05, 4.69) is 6.07 Å². The van der Waals surface area contributed by atoms with Gasteiger partial charge in [0.15, 0.2) is 0 Å². The molecule has 0 spiro atoms. The smallest absolute Gasteiger partial charge is 0.118 e. The standard InChI is InChI=1S/C15H19NO2/c1-12(10-11-16)15(18-3)9-6-13-4-7-14(17-2)8-5-13/h4-9,12,15H,10H2,1-3H3/b9-6+/t12-,15-/m0/s1. The van der Waals surface area contributed by atoms with E-state index in [9.17, 15) is 0 Å². The molecule has 0 N–H and O–H groups in total. The van der Waals surface area contributed by atoms with E-state index in [0.29, 0.717) is 6.42 Å². The lowest BCUT2D eigenvalue weighted by Gasteiger charge is -2.16. The van der Waals surface area contributed by atoms with Gasteiger partial charge in [-0.25, -0.2) is 0 Å². The zero-order chi connectivity index (χ0) is 13.4. The second kappa shape index (κ2) is 7.52. The van der Waals surface area contributed by atoms with Crippen LogP contribution in [0.3, 0.4) is 0 Å². The van der Waals surface area contributed by atoms with Crippen LogP contribution in [0, 0.1) is 17.2 Å². The fourth-order valence-corrected chi connectivity index (χ4v) is 1.68. The highest BCUT2D eigenvalue weighted by atomic mass is 16.5. The molecule has 0 unspecified atom stereocenters. The molecule has 18 heavy (non-hydrogen) atoms. The van der Waals surface area contributed by atoms with Crippen LogP contribution in [0.5, 0.6) is 5.75 Å². The van der Waals surface area contributed by atoms with Gasteiger partial charge in [-0.3, -0.25) is 0 Å². The van der Waals surface area contributed by atoms with Crippen LogP contribution in [0.1, 0.15) is 18.9 Å². The maximum atomic E-state index is 8.68. The molecule has 0 aromatic heterocycles. The molecule has 0 fully saturated rings. The van der Waals surface area contributed by atoms with Crippen molar-refractivity contribution in [2.45, 2.75) is 19.4 Å². The van der Waals surface area contributed by atoms with Crippen LogP contribution in [-0.4, -0.2) is 20.3 Å². The summed E-state index contributed by atoms with van der Waals surface area (Å²) in [5.41, 5.74) is 1.09. The molecule has 1 aromatic rings. The zero-order valence-electron chi connectivity index (χ0n) is 11.1. The molecule has 0 heterocycles. The molecule has 1 aromatic carbocycles. The van der Waals surface area contributed by atoms with Crippen LogP contribution in [0.15, 0.2) is 30.3 Å². The minimum absolute atomic E-state index is 0.0354. The Kier molecular flexibility index (Phi) is 5.96. The summed E-state index contributed by atoms with van der Waals surface area (Å²) >= 11 is 0. The van der Waals surface area contributed by atoms with Gasteiger partial charge in [0.2, 0.25) is 0 Å². The first-order valence-corrected chi connectivity index (χ1v) is 5.93. The third-order valence-electron chi connectivity index (χ3n) is 2.84. The minimum Gasteiger partial charge on any atom is -0.497 e. The summed E-state index contributed by atoms with van der Waals surface area (Å²) in [6.07, 6.45) is 4.45. The number of nitrogens with zero attached hydrogens (tertiary/aromatic N) is 1. The van der Waals surface area contributed by atoms with Gasteiger partial charge in [0.05, 0.1) is 19.3 Å². The summed E-state index contributed by atoms with van der Waals surface area (Å²) in [4.78, 5) is 0. The van der Waals surface area contributed by atoms with Crippen molar-refractivity contribution < 1.29 is 9.47 Å². The third kappa shape index (κ3) is 4.23. The Balaban J connectivity index is 2.68. The average molecular weight is 245 g/mol. The van der Waals surface area contributed by atoms with Crippen molar-refractivity contribution in [1.29, 1.82) is 5.26 Å². The lowest BCUT2D eigenvalue weighted by atomic mass is 10.0. The number of hydrogen-bond acceptors (Lipinski definition) is 3. The van der Waals surface area contributed by atoms with Gasteiger partial charge in [-0.15, -0.1) is 0 Å². The van der Waals surface area contributed by atoms with E-state index >= 15 is 0 Å². The van der Waals surface area contributed by atoms with Gasteiger partial charge < -0.3 is 9.47 Å². The number of ether oxygens (including phenoxy) is 2. The van der Waals surface area contributed by atoms with Crippen LogP contribution in [0.4, 0.5) is 0 Å². The van der Waals surface area contributed by atoms with Gasteiger partial charge in [-0.2, -0.15) is 5.26 Å². The van der Waals surface area contributed by atoms with Gasteiger partial charge in [0, 0.05) is 13.5 Å². The summed E-state index contributed by atoms with van der Waals surface area (Å²) < 4.78 is 10.5. The van der Waals surface area contributed by atoms with Crippen LogP contribution in [0.2, 0.25) is 0 Å². The third-order valence-corrected chi connectivity index (χ3v) is 2.84. The molecule has 1 rings (SSSR count). The van der Waals surface area contributed by atoms with Gasteiger partial charge >= 0.3 is 0 Å². The molecule has 0 aliphatic heterocycles. The van der Waals surface area contributed by atoms with Crippen molar-refractivity contribution in [2.75, 3.05) is 14.2 Å². The van der Waals surface area contributed by atoms with Crippen LogP contribution < -0.4 is 4.74 Å². The van der Waals surface area contributed by atoms with Crippen molar-refractivity contribution in [3.8, 4) is 11.8 Å². The number of rotatable bonds is 6. The molecule has 3 nitrogen and oxygen atoms in total. The highest BCUT2D eigenvalue weighted by Gasteiger charge is 2.12. The van der Waals surface area contributed by atoms with Crippen molar-refractivity contribution in [1.82, 2.24) is 0 Å². The second-order valence-corrected chi connectivity index (χ2v) is 4.17. The summed E-state index contributed by atoms with van der Waals surface area (Å²) in [6, 6.07) is 9.97. The molecule has 2 atom stereocenters. The summed E-state index contributed by atoms with van der Waals surface area (Å²) in [7, 11) is 3.31. The van der Waals surface area contributed by atoms with E-state index in [1.807, 2.05) is 43.3 Å². The van der Waals surface area contributed by atoms with Crippen molar-refractivity contribution in [3.63, 3.8) is 0 Å². The Morgan fingerprint density at radius 1 is 1.28 bits per heavy atom. The van der Waals surface area contributed by atoms with Gasteiger partial charge in [0.1, 0.15) is 5.75 Å². The molecule has 96 valence electrons. The molecule has 0 saturated carbocycles. The monoisotopic (exact) mass is 245 g/mol. The SMILES string of the molecule is COc1ccc(/C=C/[C@H](OC)[C@@H](C)CC#N)cc1. The molecular formula is C15H19NO2. The minimum atomic E-state index is -0.0354. The van der Waals surface area contributed by atoms with Gasteiger partial charge in [-0.1, -0.05) is 31.2 Å². The first kappa shape index (κ1) is 14.3. The molecule has 0 saturated heterocycles. The lowest BCUT2D eigenvalue weighted by Crippen LogP contribution is -2.17. The maximum Gasteiger partial charge on any atom is 0.118 e. The van der Waals surface area contributed by atoms with Crippen molar-refractivity contribution >= 4 is 6.08 Å². The Morgan fingerprint density at radius 2 is 1.94 bits per heavy atom. The van der Waals surface area contributed by atoms with E-state index in [1.165, 1.54) is 0 Å². The Hall–Kier alpha value is -1.79. The molecule has 3 heteroatoms. The molecule has 0 aliphatic carbocycles. The quantitative estimate of drug-likeness (QED) is 0.772. The highest BCUT2D eigenvalue weighted by molar-refractivity contribution is 5.51. The number of hydrogen-bond donors (Lipinski definition) is 0.